The van der Waals surface area contributed by atoms with Gasteiger partial charge in [0.25, 0.3) is 0 Å². The van der Waals surface area contributed by atoms with Crippen LogP contribution in [0.1, 0.15) is 31.7 Å². The number of carbonyl (C=O) groups excluding carboxylic acids is 1. The fourth-order valence-electron chi connectivity index (χ4n) is 2.59. The maximum Gasteiger partial charge on any atom is 0.222 e. The van der Waals surface area contributed by atoms with Gasteiger partial charge in [-0.3, -0.25) is 4.79 Å². The molecule has 2 rings (SSSR count). The van der Waals surface area contributed by atoms with Crippen LogP contribution in [-0.2, 0) is 11.2 Å². The lowest BCUT2D eigenvalue weighted by Gasteiger charge is -2.36. The molecule has 4 nitrogen and oxygen atoms in total. The third-order valence-electron chi connectivity index (χ3n) is 3.61. The summed E-state index contributed by atoms with van der Waals surface area (Å²) < 4.78 is 0. The lowest BCUT2D eigenvalue weighted by atomic mass is 9.95. The standard InChI is InChI=1S/C15H22N2O2/c1-15(19)8-3-9-17(11-15)14(18)7-6-12-4-2-5-13(16)10-12/h2,4-5,10,19H,3,6-9,11,16H2,1H3. The monoisotopic (exact) mass is 262 g/mol. The molecule has 1 aliphatic heterocycles. The van der Waals surface area contributed by atoms with Crippen LogP contribution < -0.4 is 5.73 Å². The Balaban J connectivity index is 1.87. The average molecular weight is 262 g/mol. The highest BCUT2D eigenvalue weighted by Crippen LogP contribution is 2.21. The van der Waals surface area contributed by atoms with Crippen LogP contribution in [-0.4, -0.2) is 34.6 Å². The molecule has 0 aliphatic carbocycles. The van der Waals surface area contributed by atoms with E-state index in [0.717, 1.165) is 30.6 Å². The third kappa shape index (κ3) is 3.96. The quantitative estimate of drug-likeness (QED) is 0.813. The first kappa shape index (κ1) is 13.9. The van der Waals surface area contributed by atoms with Gasteiger partial charge in [0.05, 0.1) is 5.60 Å². The summed E-state index contributed by atoms with van der Waals surface area (Å²) in [7, 11) is 0. The second kappa shape index (κ2) is 5.61. The summed E-state index contributed by atoms with van der Waals surface area (Å²) in [6.45, 7) is 3.00. The van der Waals surface area contributed by atoms with Crippen LogP contribution in [0.15, 0.2) is 24.3 Å². The van der Waals surface area contributed by atoms with E-state index in [0.29, 0.717) is 19.4 Å². The minimum Gasteiger partial charge on any atom is -0.399 e. The summed E-state index contributed by atoms with van der Waals surface area (Å²) in [5.74, 6) is 0.113. The van der Waals surface area contributed by atoms with Crippen molar-refractivity contribution in [3.05, 3.63) is 29.8 Å². The van der Waals surface area contributed by atoms with E-state index < -0.39 is 5.60 Å². The van der Waals surface area contributed by atoms with Crippen molar-refractivity contribution in [3.63, 3.8) is 0 Å². The van der Waals surface area contributed by atoms with Crippen LogP contribution in [0.4, 0.5) is 5.69 Å². The number of β-amino-alcohol motifs (C(OH)–C–C–N with tert-alkyl or cyclic N) is 1. The molecule has 1 aromatic carbocycles. The zero-order valence-corrected chi connectivity index (χ0v) is 11.4. The van der Waals surface area contributed by atoms with E-state index in [1.165, 1.54) is 0 Å². The Morgan fingerprint density at radius 3 is 3.00 bits per heavy atom. The molecule has 1 amide bonds. The Kier molecular flexibility index (Phi) is 4.10. The van der Waals surface area contributed by atoms with Crippen LogP contribution in [0.5, 0.6) is 0 Å². The highest BCUT2D eigenvalue weighted by molar-refractivity contribution is 5.76. The maximum atomic E-state index is 12.1. The fourth-order valence-corrected chi connectivity index (χ4v) is 2.59. The van der Waals surface area contributed by atoms with E-state index in [1.54, 1.807) is 11.8 Å². The maximum absolute atomic E-state index is 12.1. The molecule has 3 N–H and O–H groups in total. The molecule has 19 heavy (non-hydrogen) atoms. The Hall–Kier alpha value is -1.55. The summed E-state index contributed by atoms with van der Waals surface area (Å²) in [5, 5.41) is 10.0. The molecule has 0 aromatic heterocycles. The molecule has 1 atom stereocenters. The first-order valence-electron chi connectivity index (χ1n) is 6.81. The van der Waals surface area contributed by atoms with Crippen molar-refractivity contribution in [3.8, 4) is 0 Å². The summed E-state index contributed by atoms with van der Waals surface area (Å²) in [4.78, 5) is 13.9. The van der Waals surface area contributed by atoms with E-state index in [-0.39, 0.29) is 5.91 Å². The highest BCUT2D eigenvalue weighted by atomic mass is 16.3. The number of nitrogen functional groups attached to an aromatic ring is 1. The van der Waals surface area contributed by atoms with Crippen molar-refractivity contribution in [2.75, 3.05) is 18.8 Å². The van der Waals surface area contributed by atoms with Gasteiger partial charge in [0.2, 0.25) is 5.91 Å². The van der Waals surface area contributed by atoms with Crippen molar-refractivity contribution >= 4 is 11.6 Å². The molecule has 1 aromatic rings. The number of aliphatic hydroxyl groups is 1. The van der Waals surface area contributed by atoms with Crippen LogP contribution in [0.2, 0.25) is 0 Å². The van der Waals surface area contributed by atoms with Gasteiger partial charge in [-0.05, 0) is 43.9 Å². The zero-order valence-electron chi connectivity index (χ0n) is 11.4. The van der Waals surface area contributed by atoms with Crippen molar-refractivity contribution in [1.82, 2.24) is 4.90 Å². The van der Waals surface area contributed by atoms with Crippen molar-refractivity contribution in [1.29, 1.82) is 0 Å². The van der Waals surface area contributed by atoms with Gasteiger partial charge in [-0.25, -0.2) is 0 Å². The Morgan fingerprint density at radius 1 is 1.53 bits per heavy atom. The van der Waals surface area contributed by atoms with E-state index in [9.17, 15) is 9.90 Å². The number of benzene rings is 1. The van der Waals surface area contributed by atoms with E-state index in [4.69, 9.17) is 5.73 Å². The minimum absolute atomic E-state index is 0.113. The predicted octanol–water partition coefficient (Wildman–Crippen LogP) is 1.57. The molecule has 0 bridgehead atoms. The molecule has 1 heterocycles. The number of anilines is 1. The molecule has 0 radical (unpaired) electrons. The summed E-state index contributed by atoms with van der Waals surface area (Å²) >= 11 is 0. The molecular weight excluding hydrogens is 240 g/mol. The lowest BCUT2D eigenvalue weighted by Crippen LogP contribution is -2.48. The van der Waals surface area contributed by atoms with Crippen LogP contribution >= 0.6 is 0 Å². The Bertz CT molecular complexity index is 457. The molecule has 1 aliphatic rings. The number of aryl methyl sites for hydroxylation is 1. The number of hydrogen-bond acceptors (Lipinski definition) is 3. The van der Waals surface area contributed by atoms with Gasteiger partial charge in [-0.15, -0.1) is 0 Å². The normalized spacial score (nSPS) is 23.4. The summed E-state index contributed by atoms with van der Waals surface area (Å²) in [6, 6.07) is 7.63. The number of nitrogens with zero attached hydrogens (tertiary/aromatic N) is 1. The zero-order chi connectivity index (χ0) is 13.9. The minimum atomic E-state index is -0.731. The van der Waals surface area contributed by atoms with Gasteiger partial charge >= 0.3 is 0 Å². The second-order valence-corrected chi connectivity index (χ2v) is 5.66. The van der Waals surface area contributed by atoms with Gasteiger partial charge < -0.3 is 15.7 Å². The average Bonchev–Trinajstić information content (AvgIpc) is 2.35. The van der Waals surface area contributed by atoms with Crippen molar-refractivity contribution in [2.24, 2.45) is 0 Å². The van der Waals surface area contributed by atoms with Crippen LogP contribution in [0, 0.1) is 0 Å². The summed E-state index contributed by atoms with van der Waals surface area (Å²) in [5.41, 5.74) is 6.79. The largest absolute Gasteiger partial charge is 0.399 e. The SMILES string of the molecule is CC1(O)CCCN(C(=O)CCc2cccc(N)c2)C1. The van der Waals surface area contributed by atoms with Crippen molar-refractivity contribution in [2.45, 2.75) is 38.2 Å². The molecule has 1 unspecified atom stereocenters. The molecule has 1 saturated heterocycles. The molecule has 104 valence electrons. The predicted molar refractivity (Wildman–Crippen MR) is 75.6 cm³/mol. The molecule has 0 saturated carbocycles. The Labute approximate surface area is 114 Å². The first-order chi connectivity index (χ1) is 8.96. The number of rotatable bonds is 3. The van der Waals surface area contributed by atoms with Gasteiger partial charge in [-0.2, -0.15) is 0 Å². The topological polar surface area (TPSA) is 66.6 Å². The highest BCUT2D eigenvalue weighted by Gasteiger charge is 2.30. The van der Waals surface area contributed by atoms with Crippen LogP contribution in [0.25, 0.3) is 0 Å². The third-order valence-corrected chi connectivity index (χ3v) is 3.61. The molecule has 4 heteroatoms. The number of hydrogen-bond donors (Lipinski definition) is 2. The number of nitrogens with two attached hydrogens (primary N) is 1. The van der Waals surface area contributed by atoms with Gasteiger partial charge in [0.15, 0.2) is 0 Å². The Morgan fingerprint density at radius 2 is 2.32 bits per heavy atom. The van der Waals surface area contributed by atoms with E-state index in [1.807, 2.05) is 24.3 Å². The fraction of sp³-hybridized carbons (Fsp3) is 0.533. The van der Waals surface area contributed by atoms with Gasteiger partial charge in [0.1, 0.15) is 0 Å². The van der Waals surface area contributed by atoms with E-state index >= 15 is 0 Å². The lowest BCUT2D eigenvalue weighted by molar-refractivity contribution is -0.137. The number of carbonyl (C=O) groups is 1. The molecule has 1 fully saturated rings. The number of piperidine rings is 1. The van der Waals surface area contributed by atoms with Gasteiger partial charge in [-0.1, -0.05) is 12.1 Å². The number of amides is 1. The number of likely N-dealkylation sites (tertiary alicyclic amines) is 1. The smallest absolute Gasteiger partial charge is 0.222 e. The van der Waals surface area contributed by atoms with Crippen molar-refractivity contribution < 1.29 is 9.90 Å². The first-order valence-corrected chi connectivity index (χ1v) is 6.81. The molecule has 0 spiro atoms. The van der Waals surface area contributed by atoms with E-state index in [2.05, 4.69) is 0 Å². The summed E-state index contributed by atoms with van der Waals surface area (Å²) in [6.07, 6.45) is 2.81. The second-order valence-electron chi connectivity index (χ2n) is 5.66. The van der Waals surface area contributed by atoms with Gasteiger partial charge in [0, 0.05) is 25.2 Å². The van der Waals surface area contributed by atoms with Crippen LogP contribution in [0.3, 0.4) is 0 Å². The molecular formula is C15H22N2O2.